The fraction of sp³-hybridized carbons (Fsp3) is 0.200. The van der Waals surface area contributed by atoms with Gasteiger partial charge in [0.15, 0.2) is 5.13 Å². The Morgan fingerprint density at radius 1 is 1.22 bits per heavy atom. The molecule has 4 nitrogen and oxygen atoms in total. The van der Waals surface area contributed by atoms with Gasteiger partial charge in [0.1, 0.15) is 5.75 Å². The second-order valence-corrected chi connectivity index (χ2v) is 6.70. The predicted octanol–water partition coefficient (Wildman–Crippen LogP) is 5.62. The highest BCUT2D eigenvalue weighted by molar-refractivity contribution is 7.14. The highest BCUT2D eigenvalue weighted by Gasteiger charge is 2.12. The number of anilines is 1. The SMILES string of the molecule is CCCc1ccc(-c2csc(NC(=O)c3cccc(OC(F)F)c3)n2)cc1. The Kier molecular flexibility index (Phi) is 6.13. The van der Waals surface area contributed by atoms with E-state index in [-0.39, 0.29) is 11.3 Å². The average Bonchev–Trinajstić information content (AvgIpc) is 3.11. The second kappa shape index (κ2) is 8.73. The van der Waals surface area contributed by atoms with Crippen molar-refractivity contribution < 1.29 is 18.3 Å². The molecule has 1 N–H and O–H groups in total. The zero-order valence-electron chi connectivity index (χ0n) is 14.6. The lowest BCUT2D eigenvalue weighted by molar-refractivity contribution is -0.0498. The molecule has 1 aromatic heterocycles. The van der Waals surface area contributed by atoms with E-state index in [0.717, 1.165) is 24.1 Å². The van der Waals surface area contributed by atoms with Gasteiger partial charge in [0.2, 0.25) is 0 Å². The third-order valence-electron chi connectivity index (χ3n) is 3.83. The summed E-state index contributed by atoms with van der Waals surface area (Å²) in [4.78, 5) is 16.8. The van der Waals surface area contributed by atoms with Crippen LogP contribution in [0.4, 0.5) is 13.9 Å². The molecule has 0 saturated heterocycles. The van der Waals surface area contributed by atoms with Gasteiger partial charge in [0, 0.05) is 16.5 Å². The van der Waals surface area contributed by atoms with E-state index in [1.54, 1.807) is 0 Å². The minimum Gasteiger partial charge on any atom is -0.435 e. The molecule has 0 aliphatic rings. The number of nitrogens with zero attached hydrogens (tertiary/aromatic N) is 1. The van der Waals surface area contributed by atoms with Crippen LogP contribution in [0.15, 0.2) is 53.9 Å². The highest BCUT2D eigenvalue weighted by Crippen LogP contribution is 2.26. The van der Waals surface area contributed by atoms with E-state index >= 15 is 0 Å². The fourth-order valence-electron chi connectivity index (χ4n) is 2.58. The number of carbonyl (C=O) groups is 1. The van der Waals surface area contributed by atoms with E-state index in [1.165, 1.54) is 41.2 Å². The number of hydrogen-bond acceptors (Lipinski definition) is 4. The molecular formula is C20H18F2N2O2S. The Morgan fingerprint density at radius 2 is 2.00 bits per heavy atom. The normalized spacial score (nSPS) is 10.8. The van der Waals surface area contributed by atoms with Crippen molar-refractivity contribution in [1.82, 2.24) is 4.98 Å². The minimum absolute atomic E-state index is 0.0651. The first-order chi connectivity index (χ1) is 13.0. The second-order valence-electron chi connectivity index (χ2n) is 5.85. The molecule has 0 unspecified atom stereocenters. The molecule has 0 spiro atoms. The van der Waals surface area contributed by atoms with E-state index in [4.69, 9.17) is 0 Å². The smallest absolute Gasteiger partial charge is 0.387 e. The third-order valence-corrected chi connectivity index (χ3v) is 4.59. The summed E-state index contributed by atoms with van der Waals surface area (Å²) in [6, 6.07) is 13.8. The van der Waals surface area contributed by atoms with Crippen molar-refractivity contribution in [3.63, 3.8) is 0 Å². The highest BCUT2D eigenvalue weighted by atomic mass is 32.1. The monoisotopic (exact) mass is 388 g/mol. The topological polar surface area (TPSA) is 51.2 Å². The molecule has 140 valence electrons. The first kappa shape index (κ1) is 19.0. The maximum atomic E-state index is 12.3. The number of nitrogens with one attached hydrogen (secondary N) is 1. The van der Waals surface area contributed by atoms with Gasteiger partial charge in [0.25, 0.3) is 5.91 Å². The summed E-state index contributed by atoms with van der Waals surface area (Å²) in [5, 5.41) is 4.99. The summed E-state index contributed by atoms with van der Waals surface area (Å²) in [7, 11) is 0. The van der Waals surface area contributed by atoms with Gasteiger partial charge in [0.05, 0.1) is 5.69 Å². The number of rotatable bonds is 7. The number of ether oxygens (including phenoxy) is 1. The van der Waals surface area contributed by atoms with Crippen LogP contribution in [0.5, 0.6) is 5.75 Å². The standard InChI is InChI=1S/C20H18F2N2O2S/c1-2-4-13-7-9-14(10-8-13)17-12-27-20(23-17)24-18(25)15-5-3-6-16(11-15)26-19(21)22/h3,5-12,19H,2,4H2,1H3,(H,23,24,25). The van der Waals surface area contributed by atoms with Crippen molar-refractivity contribution in [2.45, 2.75) is 26.4 Å². The Hall–Kier alpha value is -2.80. The van der Waals surface area contributed by atoms with Crippen LogP contribution in [0, 0.1) is 0 Å². The molecule has 0 saturated carbocycles. The molecule has 3 aromatic rings. The van der Waals surface area contributed by atoms with Crippen LogP contribution in [0.3, 0.4) is 0 Å². The number of carbonyl (C=O) groups excluding carboxylic acids is 1. The Balaban J connectivity index is 1.69. The molecule has 0 aliphatic carbocycles. The number of benzene rings is 2. The number of thiazole rings is 1. The summed E-state index contributed by atoms with van der Waals surface area (Å²) in [6.07, 6.45) is 2.13. The molecule has 7 heteroatoms. The van der Waals surface area contributed by atoms with Crippen LogP contribution in [-0.2, 0) is 6.42 Å². The average molecular weight is 388 g/mol. The summed E-state index contributed by atoms with van der Waals surface area (Å²) in [6.45, 7) is -0.799. The van der Waals surface area contributed by atoms with Crippen molar-refractivity contribution in [2.75, 3.05) is 5.32 Å². The summed E-state index contributed by atoms with van der Waals surface area (Å²) >= 11 is 1.30. The zero-order valence-corrected chi connectivity index (χ0v) is 15.4. The molecule has 0 atom stereocenters. The molecule has 3 rings (SSSR count). The Morgan fingerprint density at radius 3 is 2.70 bits per heavy atom. The van der Waals surface area contributed by atoms with Gasteiger partial charge < -0.3 is 4.74 Å². The van der Waals surface area contributed by atoms with Crippen molar-refractivity contribution in [1.29, 1.82) is 0 Å². The van der Waals surface area contributed by atoms with Gasteiger partial charge in [-0.15, -0.1) is 11.3 Å². The van der Waals surface area contributed by atoms with Gasteiger partial charge >= 0.3 is 6.61 Å². The van der Waals surface area contributed by atoms with Crippen molar-refractivity contribution in [3.8, 4) is 17.0 Å². The van der Waals surface area contributed by atoms with Crippen LogP contribution >= 0.6 is 11.3 Å². The van der Waals surface area contributed by atoms with Gasteiger partial charge in [-0.1, -0.05) is 43.7 Å². The number of aryl methyl sites for hydroxylation is 1. The summed E-state index contributed by atoms with van der Waals surface area (Å²) < 4.78 is 28.9. The largest absolute Gasteiger partial charge is 0.435 e. The molecule has 1 amide bonds. The van der Waals surface area contributed by atoms with Gasteiger partial charge in [-0.2, -0.15) is 8.78 Å². The van der Waals surface area contributed by atoms with Gasteiger partial charge in [-0.3, -0.25) is 10.1 Å². The summed E-state index contributed by atoms with van der Waals surface area (Å²) in [5.41, 5.74) is 3.23. The van der Waals surface area contributed by atoms with Crippen molar-refractivity contribution >= 4 is 22.4 Å². The molecule has 0 radical (unpaired) electrons. The number of aromatic nitrogens is 1. The van der Waals surface area contributed by atoms with Crippen molar-refractivity contribution in [3.05, 3.63) is 65.0 Å². The third kappa shape index (κ3) is 5.10. The lowest BCUT2D eigenvalue weighted by Crippen LogP contribution is -2.12. The van der Waals surface area contributed by atoms with Crippen LogP contribution < -0.4 is 10.1 Å². The minimum atomic E-state index is -2.94. The molecule has 0 aliphatic heterocycles. The number of amides is 1. The van der Waals surface area contributed by atoms with E-state index < -0.39 is 12.5 Å². The van der Waals surface area contributed by atoms with Crippen LogP contribution in [0.1, 0.15) is 29.3 Å². The van der Waals surface area contributed by atoms with Crippen LogP contribution in [-0.4, -0.2) is 17.5 Å². The number of hydrogen-bond donors (Lipinski definition) is 1. The van der Waals surface area contributed by atoms with Crippen LogP contribution in [0.25, 0.3) is 11.3 Å². The molecule has 1 heterocycles. The molecular weight excluding hydrogens is 370 g/mol. The predicted molar refractivity (Wildman–Crippen MR) is 103 cm³/mol. The van der Waals surface area contributed by atoms with E-state index in [0.29, 0.717) is 5.13 Å². The van der Waals surface area contributed by atoms with Gasteiger partial charge in [-0.05, 0) is 30.2 Å². The first-order valence-electron chi connectivity index (χ1n) is 8.46. The molecule has 27 heavy (non-hydrogen) atoms. The molecule has 0 fully saturated rings. The lowest BCUT2D eigenvalue weighted by Gasteiger charge is -2.06. The molecule has 0 bridgehead atoms. The van der Waals surface area contributed by atoms with E-state index in [1.807, 2.05) is 17.5 Å². The quantitative estimate of drug-likeness (QED) is 0.572. The molecule has 2 aromatic carbocycles. The Bertz CT molecular complexity index is 910. The zero-order chi connectivity index (χ0) is 19.2. The maximum Gasteiger partial charge on any atom is 0.387 e. The lowest BCUT2D eigenvalue weighted by atomic mass is 10.1. The van der Waals surface area contributed by atoms with Crippen LogP contribution in [0.2, 0.25) is 0 Å². The first-order valence-corrected chi connectivity index (χ1v) is 9.34. The van der Waals surface area contributed by atoms with E-state index in [9.17, 15) is 13.6 Å². The fourth-order valence-corrected chi connectivity index (χ4v) is 3.29. The Labute approximate surface area is 159 Å². The number of halogens is 2. The maximum absolute atomic E-state index is 12.3. The van der Waals surface area contributed by atoms with Gasteiger partial charge in [-0.25, -0.2) is 4.98 Å². The van der Waals surface area contributed by atoms with E-state index in [2.05, 4.69) is 34.1 Å². The van der Waals surface area contributed by atoms with Crippen molar-refractivity contribution in [2.24, 2.45) is 0 Å². The number of alkyl halides is 2. The summed E-state index contributed by atoms with van der Waals surface area (Å²) in [5.74, 6) is -0.501.